The van der Waals surface area contributed by atoms with Crippen LogP contribution in [0.4, 0.5) is 0 Å². The van der Waals surface area contributed by atoms with Crippen molar-refractivity contribution in [2.24, 2.45) is 0 Å². The highest BCUT2D eigenvalue weighted by Gasteiger charge is 2.36. The number of carbonyl (C=O) groups is 3. The van der Waals surface area contributed by atoms with Crippen molar-refractivity contribution in [3.63, 3.8) is 0 Å². The Bertz CT molecular complexity index is 527. The molecule has 21 heavy (non-hydrogen) atoms. The molecule has 1 heterocycles. The van der Waals surface area contributed by atoms with Gasteiger partial charge in [0.1, 0.15) is 6.54 Å². The molecule has 0 unspecified atom stereocenters. The molecule has 112 valence electrons. The number of rotatable bonds is 6. The molecule has 0 N–H and O–H groups in total. The van der Waals surface area contributed by atoms with E-state index in [1.165, 1.54) is 0 Å². The van der Waals surface area contributed by atoms with E-state index in [4.69, 9.17) is 0 Å². The maximum Gasteiger partial charge on any atom is 0.262 e. The Hall–Kier alpha value is -2.17. The van der Waals surface area contributed by atoms with Crippen LogP contribution >= 0.6 is 0 Å². The van der Waals surface area contributed by atoms with Crippen molar-refractivity contribution in [1.82, 2.24) is 9.80 Å². The first-order valence-corrected chi connectivity index (χ1v) is 7.33. The molecule has 1 aliphatic heterocycles. The molecule has 5 heteroatoms. The predicted octanol–water partition coefficient (Wildman–Crippen LogP) is 1.93. The summed E-state index contributed by atoms with van der Waals surface area (Å²) in [6.07, 6.45) is 1.71. The number of amides is 3. The maximum absolute atomic E-state index is 12.3. The van der Waals surface area contributed by atoms with Gasteiger partial charge in [-0.3, -0.25) is 19.3 Å². The Morgan fingerprint density at radius 1 is 1.00 bits per heavy atom. The summed E-state index contributed by atoms with van der Waals surface area (Å²) in [5, 5.41) is 0. The number of benzene rings is 1. The summed E-state index contributed by atoms with van der Waals surface area (Å²) in [5.41, 5.74) is 0.765. The summed E-state index contributed by atoms with van der Waals surface area (Å²) in [6.45, 7) is 5.12. The zero-order valence-corrected chi connectivity index (χ0v) is 12.5. The van der Waals surface area contributed by atoms with Gasteiger partial charge in [-0.15, -0.1) is 0 Å². The van der Waals surface area contributed by atoms with Gasteiger partial charge >= 0.3 is 0 Å². The monoisotopic (exact) mass is 288 g/mol. The predicted molar refractivity (Wildman–Crippen MR) is 79.0 cm³/mol. The highest BCUT2D eigenvalue weighted by atomic mass is 16.2. The van der Waals surface area contributed by atoms with E-state index in [-0.39, 0.29) is 24.3 Å². The van der Waals surface area contributed by atoms with Gasteiger partial charge in [-0.2, -0.15) is 0 Å². The van der Waals surface area contributed by atoms with Crippen LogP contribution in [-0.4, -0.2) is 47.2 Å². The molecule has 0 bridgehead atoms. The summed E-state index contributed by atoms with van der Waals surface area (Å²) < 4.78 is 0. The number of hydrogen-bond donors (Lipinski definition) is 0. The Morgan fingerprint density at radius 3 is 1.90 bits per heavy atom. The zero-order valence-electron chi connectivity index (χ0n) is 12.5. The number of carbonyl (C=O) groups excluding carboxylic acids is 3. The minimum atomic E-state index is -0.378. The normalized spacial score (nSPS) is 13.5. The van der Waals surface area contributed by atoms with Gasteiger partial charge in [-0.05, 0) is 25.0 Å². The molecule has 1 aliphatic rings. The third-order valence-corrected chi connectivity index (χ3v) is 3.51. The average Bonchev–Trinajstić information content (AvgIpc) is 2.72. The second kappa shape index (κ2) is 6.52. The van der Waals surface area contributed by atoms with Gasteiger partial charge in [0.25, 0.3) is 11.8 Å². The van der Waals surface area contributed by atoms with E-state index in [0.717, 1.165) is 17.7 Å². The average molecular weight is 288 g/mol. The Labute approximate surface area is 124 Å². The molecule has 2 rings (SSSR count). The Kier molecular flexibility index (Phi) is 4.73. The van der Waals surface area contributed by atoms with E-state index in [0.29, 0.717) is 24.2 Å². The molecule has 0 fully saturated rings. The molecule has 1 aromatic carbocycles. The first kappa shape index (κ1) is 15.2. The van der Waals surface area contributed by atoms with Gasteiger partial charge in [0.2, 0.25) is 5.91 Å². The van der Waals surface area contributed by atoms with Crippen molar-refractivity contribution < 1.29 is 14.4 Å². The summed E-state index contributed by atoms with van der Waals surface area (Å²) in [5.74, 6) is -0.929. The minimum Gasteiger partial charge on any atom is -0.341 e. The van der Waals surface area contributed by atoms with Crippen molar-refractivity contribution in [3.8, 4) is 0 Å². The molecule has 1 aromatic rings. The van der Waals surface area contributed by atoms with E-state index in [9.17, 15) is 14.4 Å². The molecule has 0 aliphatic carbocycles. The number of hydrogen-bond acceptors (Lipinski definition) is 3. The molecular formula is C16H20N2O3. The highest BCUT2D eigenvalue weighted by Crippen LogP contribution is 2.22. The fourth-order valence-corrected chi connectivity index (χ4v) is 2.52. The lowest BCUT2D eigenvalue weighted by molar-refractivity contribution is -0.131. The van der Waals surface area contributed by atoms with E-state index in [1.54, 1.807) is 29.2 Å². The molecule has 3 amide bonds. The molecule has 0 spiro atoms. The zero-order chi connectivity index (χ0) is 15.4. The van der Waals surface area contributed by atoms with Crippen LogP contribution in [0, 0.1) is 0 Å². The molecule has 0 radical (unpaired) electrons. The summed E-state index contributed by atoms with van der Waals surface area (Å²) in [6, 6.07) is 6.68. The van der Waals surface area contributed by atoms with Crippen LogP contribution < -0.4 is 0 Å². The molecule has 0 saturated carbocycles. The van der Waals surface area contributed by atoms with Crippen LogP contribution in [0.2, 0.25) is 0 Å². The van der Waals surface area contributed by atoms with E-state index in [1.807, 2.05) is 13.8 Å². The van der Waals surface area contributed by atoms with Crippen molar-refractivity contribution in [1.29, 1.82) is 0 Å². The Balaban J connectivity index is 2.12. The third kappa shape index (κ3) is 2.96. The molecule has 0 atom stereocenters. The highest BCUT2D eigenvalue weighted by molar-refractivity contribution is 6.22. The lowest BCUT2D eigenvalue weighted by Crippen LogP contribution is -2.43. The number of nitrogens with zero attached hydrogens (tertiary/aromatic N) is 2. The first-order valence-electron chi connectivity index (χ1n) is 7.33. The molecule has 0 aromatic heterocycles. The van der Waals surface area contributed by atoms with E-state index < -0.39 is 0 Å². The smallest absolute Gasteiger partial charge is 0.262 e. The maximum atomic E-state index is 12.3. The fourth-order valence-electron chi connectivity index (χ4n) is 2.52. The summed E-state index contributed by atoms with van der Waals surface area (Å²) >= 11 is 0. The number of fused-ring (bicyclic) bond motifs is 1. The standard InChI is InChI=1S/C16H20N2O3/c1-3-9-17(10-4-2)14(19)11-18-15(20)12-7-5-6-8-13(12)16(18)21/h5-8H,3-4,9-11H2,1-2H3. The van der Waals surface area contributed by atoms with Crippen LogP contribution in [-0.2, 0) is 4.79 Å². The fraction of sp³-hybridized carbons (Fsp3) is 0.438. The van der Waals surface area contributed by atoms with Crippen LogP contribution in [0.1, 0.15) is 47.4 Å². The quantitative estimate of drug-likeness (QED) is 0.752. The van der Waals surface area contributed by atoms with Crippen molar-refractivity contribution in [2.75, 3.05) is 19.6 Å². The molecule has 0 saturated heterocycles. The van der Waals surface area contributed by atoms with Crippen LogP contribution in [0.3, 0.4) is 0 Å². The lowest BCUT2D eigenvalue weighted by atomic mass is 10.1. The first-order chi connectivity index (χ1) is 10.1. The van der Waals surface area contributed by atoms with Crippen LogP contribution in [0.5, 0.6) is 0 Å². The SMILES string of the molecule is CCCN(CCC)C(=O)CN1C(=O)c2ccccc2C1=O. The van der Waals surface area contributed by atoms with E-state index in [2.05, 4.69) is 0 Å². The van der Waals surface area contributed by atoms with Gasteiger partial charge in [0.15, 0.2) is 0 Å². The van der Waals surface area contributed by atoms with Crippen LogP contribution in [0.15, 0.2) is 24.3 Å². The van der Waals surface area contributed by atoms with Gasteiger partial charge in [0.05, 0.1) is 11.1 Å². The van der Waals surface area contributed by atoms with Gasteiger partial charge in [-0.1, -0.05) is 26.0 Å². The third-order valence-electron chi connectivity index (χ3n) is 3.51. The van der Waals surface area contributed by atoms with E-state index >= 15 is 0 Å². The Morgan fingerprint density at radius 2 is 1.48 bits per heavy atom. The van der Waals surface area contributed by atoms with Gasteiger partial charge in [-0.25, -0.2) is 0 Å². The lowest BCUT2D eigenvalue weighted by Gasteiger charge is -2.23. The largest absolute Gasteiger partial charge is 0.341 e. The van der Waals surface area contributed by atoms with Crippen molar-refractivity contribution >= 4 is 17.7 Å². The topological polar surface area (TPSA) is 57.7 Å². The van der Waals surface area contributed by atoms with Gasteiger partial charge in [0, 0.05) is 13.1 Å². The second-order valence-corrected chi connectivity index (χ2v) is 5.12. The molecular weight excluding hydrogens is 268 g/mol. The second-order valence-electron chi connectivity index (χ2n) is 5.12. The summed E-state index contributed by atoms with van der Waals surface area (Å²) in [7, 11) is 0. The minimum absolute atomic E-state index is 0.173. The molecule has 5 nitrogen and oxygen atoms in total. The number of imide groups is 1. The van der Waals surface area contributed by atoms with Gasteiger partial charge < -0.3 is 4.90 Å². The van der Waals surface area contributed by atoms with Crippen LogP contribution in [0.25, 0.3) is 0 Å². The van der Waals surface area contributed by atoms with Crippen molar-refractivity contribution in [3.05, 3.63) is 35.4 Å². The summed E-state index contributed by atoms with van der Waals surface area (Å²) in [4.78, 5) is 39.5. The van der Waals surface area contributed by atoms with Crippen molar-refractivity contribution in [2.45, 2.75) is 26.7 Å².